The lowest BCUT2D eigenvalue weighted by Gasteiger charge is -2.21. The highest BCUT2D eigenvalue weighted by Gasteiger charge is 2.38. The normalized spacial score (nSPS) is 11.7. The third kappa shape index (κ3) is 12.6. The smallest absolute Gasteiger partial charge is 0.475 e. The van der Waals surface area contributed by atoms with Crippen LogP contribution in [0.2, 0.25) is 0 Å². The summed E-state index contributed by atoms with van der Waals surface area (Å²) in [7, 11) is 0. The van der Waals surface area contributed by atoms with E-state index in [0.717, 1.165) is 11.3 Å². The lowest BCUT2D eigenvalue weighted by molar-refractivity contribution is -0.192. The van der Waals surface area contributed by atoms with Crippen molar-refractivity contribution in [3.05, 3.63) is 83.1 Å². The van der Waals surface area contributed by atoms with Gasteiger partial charge in [-0.1, -0.05) is 38.1 Å². The van der Waals surface area contributed by atoms with E-state index in [4.69, 9.17) is 9.90 Å². The third-order valence-electron chi connectivity index (χ3n) is 5.41. The van der Waals surface area contributed by atoms with Crippen LogP contribution in [0.25, 0.3) is 0 Å². The molecule has 1 atom stereocenters. The summed E-state index contributed by atoms with van der Waals surface area (Å²) in [6, 6.07) is 13.8. The van der Waals surface area contributed by atoms with Gasteiger partial charge in [0.2, 0.25) is 11.9 Å². The molecule has 4 N–H and O–H groups in total. The molecule has 3 rings (SSSR count). The number of carbonyl (C=O) groups excluding carboxylic acids is 1. The molecule has 0 fully saturated rings. The first-order valence-electron chi connectivity index (χ1n) is 12.7. The second-order valence-electron chi connectivity index (χ2n) is 9.50. The largest absolute Gasteiger partial charge is 0.490 e. The van der Waals surface area contributed by atoms with Gasteiger partial charge < -0.3 is 21.1 Å². The highest BCUT2D eigenvalue weighted by molar-refractivity contribution is 5.84. The van der Waals surface area contributed by atoms with Gasteiger partial charge in [-0.25, -0.2) is 18.6 Å². The molecule has 1 heterocycles. The summed E-state index contributed by atoms with van der Waals surface area (Å²) in [5.41, 5.74) is 2.46. The number of nitrogens with one attached hydrogen (secondary N) is 3. The molecule has 222 valence electrons. The summed E-state index contributed by atoms with van der Waals surface area (Å²) in [5, 5.41) is 16.4. The predicted molar refractivity (Wildman–Crippen MR) is 144 cm³/mol. The molecular weight excluding hydrogens is 549 g/mol. The van der Waals surface area contributed by atoms with Crippen LogP contribution in [-0.4, -0.2) is 45.7 Å². The maximum atomic E-state index is 13.4. The van der Waals surface area contributed by atoms with Gasteiger partial charge >= 0.3 is 12.1 Å². The summed E-state index contributed by atoms with van der Waals surface area (Å²) in [4.78, 5) is 30.7. The number of carboxylic acids is 1. The number of aromatic nitrogens is 2. The first kappa shape index (κ1) is 32.9. The molecule has 0 aliphatic carbocycles. The molecule has 0 aliphatic heterocycles. The second-order valence-corrected chi connectivity index (χ2v) is 9.50. The van der Waals surface area contributed by atoms with Crippen molar-refractivity contribution < 1.29 is 36.6 Å². The van der Waals surface area contributed by atoms with Gasteiger partial charge in [-0.15, -0.1) is 0 Å². The van der Waals surface area contributed by atoms with Crippen molar-refractivity contribution in [3.8, 4) is 0 Å². The quantitative estimate of drug-likeness (QED) is 0.221. The SMILES string of the molecule is Cc1cc(N[C@@H](CC(C)C)C(=O)NCc2cccc(F)c2)nc(NCCc2ccc(F)cc2)n1.O=C(O)C(F)(F)F. The van der Waals surface area contributed by atoms with E-state index in [1.807, 2.05) is 20.8 Å². The van der Waals surface area contributed by atoms with Gasteiger partial charge in [-0.3, -0.25) is 4.79 Å². The van der Waals surface area contributed by atoms with Crippen molar-refractivity contribution in [1.82, 2.24) is 15.3 Å². The highest BCUT2D eigenvalue weighted by Crippen LogP contribution is 2.16. The van der Waals surface area contributed by atoms with Crippen LogP contribution in [0.15, 0.2) is 54.6 Å². The van der Waals surface area contributed by atoms with Gasteiger partial charge in [0.25, 0.3) is 0 Å². The van der Waals surface area contributed by atoms with Gasteiger partial charge in [0, 0.05) is 24.8 Å². The van der Waals surface area contributed by atoms with Gasteiger partial charge in [-0.05, 0) is 61.1 Å². The van der Waals surface area contributed by atoms with Crippen LogP contribution < -0.4 is 16.0 Å². The molecule has 0 spiro atoms. The number of rotatable bonds is 11. The Hall–Kier alpha value is -4.29. The van der Waals surface area contributed by atoms with Gasteiger partial charge in [0.15, 0.2) is 0 Å². The molecule has 0 radical (unpaired) electrons. The van der Waals surface area contributed by atoms with E-state index in [1.54, 1.807) is 30.3 Å². The van der Waals surface area contributed by atoms with Gasteiger partial charge in [0.05, 0.1) is 0 Å². The Morgan fingerprint density at radius 3 is 2.20 bits per heavy atom. The van der Waals surface area contributed by atoms with Crippen molar-refractivity contribution in [2.24, 2.45) is 5.92 Å². The minimum Gasteiger partial charge on any atom is -0.475 e. The number of aliphatic carboxylic acids is 1. The number of hydrogen-bond donors (Lipinski definition) is 4. The lowest BCUT2D eigenvalue weighted by Crippen LogP contribution is -2.40. The number of aryl methyl sites for hydroxylation is 1. The lowest BCUT2D eigenvalue weighted by atomic mass is 10.0. The van der Waals surface area contributed by atoms with Crippen LogP contribution >= 0.6 is 0 Å². The van der Waals surface area contributed by atoms with E-state index < -0.39 is 18.2 Å². The Labute approximate surface area is 234 Å². The summed E-state index contributed by atoms with van der Waals surface area (Å²) in [6.07, 6.45) is -3.79. The Bertz CT molecular complexity index is 1290. The minimum atomic E-state index is -5.08. The average Bonchev–Trinajstić information content (AvgIpc) is 2.87. The molecule has 0 aliphatic rings. The number of halogens is 5. The van der Waals surface area contributed by atoms with Crippen LogP contribution in [-0.2, 0) is 22.6 Å². The van der Waals surface area contributed by atoms with E-state index in [0.29, 0.717) is 36.7 Å². The molecule has 1 amide bonds. The number of hydrogen-bond acceptors (Lipinski definition) is 6. The summed E-state index contributed by atoms with van der Waals surface area (Å²) < 4.78 is 58.2. The van der Waals surface area contributed by atoms with Crippen molar-refractivity contribution in [2.45, 2.75) is 52.4 Å². The Morgan fingerprint density at radius 2 is 1.61 bits per heavy atom. The van der Waals surface area contributed by atoms with E-state index >= 15 is 0 Å². The zero-order valence-electron chi connectivity index (χ0n) is 22.7. The van der Waals surface area contributed by atoms with Crippen LogP contribution in [0.3, 0.4) is 0 Å². The van der Waals surface area contributed by atoms with Crippen LogP contribution in [0.1, 0.15) is 37.1 Å². The maximum Gasteiger partial charge on any atom is 0.490 e. The van der Waals surface area contributed by atoms with Crippen LogP contribution in [0.4, 0.5) is 33.7 Å². The summed E-state index contributed by atoms with van der Waals surface area (Å²) in [6.45, 7) is 6.77. The zero-order valence-corrected chi connectivity index (χ0v) is 22.7. The summed E-state index contributed by atoms with van der Waals surface area (Å²) >= 11 is 0. The number of anilines is 2. The fourth-order valence-electron chi connectivity index (χ4n) is 3.53. The van der Waals surface area contributed by atoms with Crippen molar-refractivity contribution >= 4 is 23.6 Å². The Morgan fingerprint density at radius 1 is 0.951 bits per heavy atom. The first-order valence-corrected chi connectivity index (χ1v) is 12.7. The standard InChI is InChI=1S/C26H31F2N5O.C2HF3O2/c1-17(2)13-23(25(34)30-16-20-5-4-6-22(28)15-20)32-24-14-18(3)31-26(33-24)29-12-11-19-7-9-21(27)10-8-19;3-2(4,5)1(6)7/h4-10,14-15,17,23H,11-13,16H2,1-3H3,(H,30,34)(H2,29,31,32,33);(H,6,7)/t23-;/m0./s1. The number of amides is 1. The molecule has 3 aromatic rings. The van der Waals surface area contributed by atoms with Crippen molar-refractivity contribution in [1.29, 1.82) is 0 Å². The molecule has 13 heteroatoms. The minimum absolute atomic E-state index is 0.181. The molecule has 2 aromatic carbocycles. The van der Waals surface area contributed by atoms with E-state index in [1.165, 1.54) is 24.3 Å². The molecule has 1 aromatic heterocycles. The Balaban J connectivity index is 0.000000745. The molecule has 0 saturated carbocycles. The molecule has 0 bridgehead atoms. The average molecular weight is 582 g/mol. The predicted octanol–water partition coefficient (Wildman–Crippen LogP) is 5.49. The monoisotopic (exact) mass is 581 g/mol. The van der Waals surface area contributed by atoms with Gasteiger partial charge in [-0.2, -0.15) is 18.2 Å². The topological polar surface area (TPSA) is 116 Å². The first-order chi connectivity index (χ1) is 19.2. The zero-order chi connectivity index (χ0) is 30.6. The molecular formula is C28H32F5N5O3. The molecule has 8 nitrogen and oxygen atoms in total. The Kier molecular flexibility index (Phi) is 12.4. The number of carbonyl (C=O) groups is 2. The maximum absolute atomic E-state index is 13.4. The van der Waals surface area contributed by atoms with Crippen molar-refractivity contribution in [3.63, 3.8) is 0 Å². The number of carboxylic acid groups (broad SMARTS) is 1. The molecule has 41 heavy (non-hydrogen) atoms. The fourth-order valence-corrected chi connectivity index (χ4v) is 3.53. The highest BCUT2D eigenvalue weighted by atomic mass is 19.4. The fraction of sp³-hybridized carbons (Fsp3) is 0.357. The second kappa shape index (κ2) is 15.5. The summed E-state index contributed by atoms with van der Waals surface area (Å²) in [5.74, 6) is -2.26. The van der Waals surface area contributed by atoms with Crippen LogP contribution in [0.5, 0.6) is 0 Å². The number of nitrogens with zero attached hydrogens (tertiary/aromatic N) is 2. The van der Waals surface area contributed by atoms with Crippen LogP contribution in [0, 0.1) is 24.5 Å². The van der Waals surface area contributed by atoms with E-state index in [2.05, 4.69) is 25.9 Å². The number of benzene rings is 2. The molecule has 0 unspecified atom stereocenters. The third-order valence-corrected chi connectivity index (χ3v) is 5.41. The van der Waals surface area contributed by atoms with Gasteiger partial charge in [0.1, 0.15) is 23.5 Å². The number of alkyl halides is 3. The molecule has 0 saturated heterocycles. The van der Waals surface area contributed by atoms with E-state index in [9.17, 15) is 26.7 Å². The van der Waals surface area contributed by atoms with Crippen molar-refractivity contribution in [2.75, 3.05) is 17.2 Å². The van der Waals surface area contributed by atoms with E-state index in [-0.39, 0.29) is 30.0 Å².